The molecule has 0 saturated carbocycles. The zero-order valence-electron chi connectivity index (χ0n) is 21.2. The second-order valence-corrected chi connectivity index (χ2v) is 8.78. The van der Waals surface area contributed by atoms with Crippen molar-refractivity contribution in [1.29, 1.82) is 0 Å². The molecule has 10 nitrogen and oxygen atoms in total. The molecular formula is C29H27N3O7. The summed E-state index contributed by atoms with van der Waals surface area (Å²) in [6.45, 7) is 1.63. The number of nitrogens with zero attached hydrogens (tertiary/aromatic N) is 3. The second-order valence-electron chi connectivity index (χ2n) is 8.78. The number of carbonyl (C=O) groups excluding carboxylic acids is 3. The molecule has 0 spiro atoms. The summed E-state index contributed by atoms with van der Waals surface area (Å²) in [5, 5.41) is 3.81. The van der Waals surface area contributed by atoms with Gasteiger partial charge < -0.3 is 18.9 Å². The molecule has 1 aliphatic rings. The molecule has 0 aliphatic carbocycles. The van der Waals surface area contributed by atoms with Gasteiger partial charge in [-0.05, 0) is 48.4 Å². The van der Waals surface area contributed by atoms with Crippen LogP contribution in [-0.2, 0) is 18.9 Å². The molecule has 3 aromatic carbocycles. The molecule has 0 amide bonds. The van der Waals surface area contributed by atoms with Gasteiger partial charge in [0.2, 0.25) is 6.29 Å². The van der Waals surface area contributed by atoms with Gasteiger partial charge in [-0.15, -0.1) is 0 Å². The minimum Gasteiger partial charge on any atom is -0.459 e. The van der Waals surface area contributed by atoms with E-state index in [4.69, 9.17) is 18.9 Å². The maximum Gasteiger partial charge on any atom is 0.340 e. The minimum atomic E-state index is -1.41. The molecule has 5 atom stereocenters. The summed E-state index contributed by atoms with van der Waals surface area (Å²) >= 11 is 0. The third-order valence-electron chi connectivity index (χ3n) is 6.35. The van der Waals surface area contributed by atoms with Gasteiger partial charge in [-0.1, -0.05) is 66.6 Å². The highest BCUT2D eigenvalue weighted by molar-refractivity contribution is 5.90. The molecule has 1 saturated heterocycles. The van der Waals surface area contributed by atoms with Crippen molar-refractivity contribution in [1.82, 2.24) is 0 Å². The topological polar surface area (TPSA) is 137 Å². The first kappa shape index (κ1) is 27.4. The van der Waals surface area contributed by atoms with E-state index in [0.717, 1.165) is 0 Å². The Kier molecular flexibility index (Phi) is 9.29. The standard InChI is InChI=1S/C29H27N3O7/c1-2-22-23(18-36-26(33)19-12-6-3-7-13-19)37-29(39-28(35)21-16-10-5-11-17-21)24(31-32-30)25(22)38-27(34)20-14-8-4-9-15-20/h3-17,22-25,29H,2,18H2,1H3. The van der Waals surface area contributed by atoms with Crippen molar-refractivity contribution in [3.05, 3.63) is 118 Å². The molecule has 39 heavy (non-hydrogen) atoms. The smallest absolute Gasteiger partial charge is 0.340 e. The second kappa shape index (κ2) is 13.2. The number of esters is 3. The molecule has 1 heterocycles. The lowest BCUT2D eigenvalue weighted by atomic mass is 9.85. The maximum absolute atomic E-state index is 13.0. The van der Waals surface area contributed by atoms with Gasteiger partial charge >= 0.3 is 17.9 Å². The molecule has 1 fully saturated rings. The van der Waals surface area contributed by atoms with E-state index in [1.807, 2.05) is 6.92 Å². The third kappa shape index (κ3) is 6.81. The van der Waals surface area contributed by atoms with Crippen molar-refractivity contribution in [2.24, 2.45) is 11.0 Å². The van der Waals surface area contributed by atoms with Crippen LogP contribution in [0.15, 0.2) is 96.1 Å². The van der Waals surface area contributed by atoms with Gasteiger partial charge in [-0.3, -0.25) is 0 Å². The van der Waals surface area contributed by atoms with Crippen molar-refractivity contribution in [2.45, 2.75) is 37.9 Å². The Balaban J connectivity index is 1.62. The predicted octanol–water partition coefficient (Wildman–Crippen LogP) is 5.36. The summed E-state index contributed by atoms with van der Waals surface area (Å²) in [4.78, 5) is 41.5. The van der Waals surface area contributed by atoms with E-state index in [0.29, 0.717) is 17.5 Å². The number of benzene rings is 3. The molecule has 0 N–H and O–H groups in total. The van der Waals surface area contributed by atoms with Crippen LogP contribution in [0.2, 0.25) is 0 Å². The van der Waals surface area contributed by atoms with Gasteiger partial charge in [0.15, 0.2) is 0 Å². The van der Waals surface area contributed by atoms with Crippen LogP contribution in [0, 0.1) is 5.92 Å². The largest absolute Gasteiger partial charge is 0.459 e. The Hall–Kier alpha value is -4.66. The van der Waals surface area contributed by atoms with E-state index in [1.54, 1.807) is 91.0 Å². The zero-order chi connectivity index (χ0) is 27.6. The van der Waals surface area contributed by atoms with Gasteiger partial charge in [0.05, 0.1) is 16.7 Å². The molecular weight excluding hydrogens is 502 g/mol. The summed E-state index contributed by atoms with van der Waals surface area (Å²) in [7, 11) is 0. The number of rotatable bonds is 9. The van der Waals surface area contributed by atoms with Crippen molar-refractivity contribution >= 4 is 17.9 Å². The van der Waals surface area contributed by atoms with Gasteiger partial charge in [0, 0.05) is 10.8 Å². The molecule has 3 aromatic rings. The monoisotopic (exact) mass is 529 g/mol. The number of ether oxygens (including phenoxy) is 4. The van der Waals surface area contributed by atoms with Crippen LogP contribution in [0.3, 0.4) is 0 Å². The molecule has 4 rings (SSSR count). The van der Waals surface area contributed by atoms with E-state index >= 15 is 0 Å². The molecule has 0 radical (unpaired) electrons. The third-order valence-corrected chi connectivity index (χ3v) is 6.35. The summed E-state index contributed by atoms with van der Waals surface area (Å²) in [5.41, 5.74) is 10.2. The fourth-order valence-electron chi connectivity index (χ4n) is 4.39. The Morgan fingerprint density at radius 1 is 0.795 bits per heavy atom. The Morgan fingerprint density at radius 3 is 1.77 bits per heavy atom. The van der Waals surface area contributed by atoms with Gasteiger partial charge in [-0.25, -0.2) is 14.4 Å². The van der Waals surface area contributed by atoms with E-state index < -0.39 is 48.4 Å². The number of hydrogen-bond acceptors (Lipinski definition) is 8. The Labute approximate surface area is 225 Å². The summed E-state index contributed by atoms with van der Waals surface area (Å²) < 4.78 is 23.1. The van der Waals surface area contributed by atoms with Crippen LogP contribution in [0.4, 0.5) is 0 Å². The lowest BCUT2D eigenvalue weighted by Gasteiger charge is -2.43. The molecule has 5 unspecified atom stereocenters. The SMILES string of the molecule is CCC1C(COC(=O)c2ccccc2)OC(OC(=O)c2ccccc2)C(N=[N+]=[N-])C1OC(=O)c1ccccc1. The van der Waals surface area contributed by atoms with Crippen molar-refractivity contribution in [2.75, 3.05) is 6.61 Å². The number of azide groups is 1. The number of hydrogen-bond donors (Lipinski definition) is 0. The van der Waals surface area contributed by atoms with Gasteiger partial charge in [0.1, 0.15) is 24.9 Å². The molecule has 1 aliphatic heterocycles. The first-order chi connectivity index (χ1) is 19.0. The fraction of sp³-hybridized carbons (Fsp3) is 0.276. The van der Waals surface area contributed by atoms with Gasteiger partial charge in [-0.2, -0.15) is 0 Å². The predicted molar refractivity (Wildman–Crippen MR) is 140 cm³/mol. The van der Waals surface area contributed by atoms with Crippen LogP contribution in [0.5, 0.6) is 0 Å². The van der Waals surface area contributed by atoms with E-state index in [-0.39, 0.29) is 12.2 Å². The van der Waals surface area contributed by atoms with E-state index in [1.165, 1.54) is 0 Å². The summed E-state index contributed by atoms with van der Waals surface area (Å²) in [5.74, 6) is -2.49. The van der Waals surface area contributed by atoms with Crippen LogP contribution < -0.4 is 0 Å². The molecule has 200 valence electrons. The van der Waals surface area contributed by atoms with Crippen molar-refractivity contribution in [3.63, 3.8) is 0 Å². The highest BCUT2D eigenvalue weighted by Crippen LogP contribution is 2.34. The Morgan fingerprint density at radius 2 is 1.28 bits per heavy atom. The molecule has 0 bridgehead atoms. The van der Waals surface area contributed by atoms with E-state index in [9.17, 15) is 19.9 Å². The minimum absolute atomic E-state index is 0.214. The van der Waals surface area contributed by atoms with Crippen LogP contribution in [0.1, 0.15) is 44.4 Å². The lowest BCUT2D eigenvalue weighted by molar-refractivity contribution is -0.232. The average molecular weight is 530 g/mol. The lowest BCUT2D eigenvalue weighted by Crippen LogP contribution is -2.57. The first-order valence-electron chi connectivity index (χ1n) is 12.5. The van der Waals surface area contributed by atoms with Crippen molar-refractivity contribution < 1.29 is 33.3 Å². The first-order valence-corrected chi connectivity index (χ1v) is 12.5. The fourth-order valence-corrected chi connectivity index (χ4v) is 4.39. The summed E-state index contributed by atoms with van der Waals surface area (Å²) in [6.07, 6.45) is -2.88. The van der Waals surface area contributed by atoms with Crippen LogP contribution in [0.25, 0.3) is 10.4 Å². The van der Waals surface area contributed by atoms with E-state index in [2.05, 4.69) is 10.0 Å². The average Bonchev–Trinajstić information content (AvgIpc) is 2.98. The zero-order valence-corrected chi connectivity index (χ0v) is 21.2. The van der Waals surface area contributed by atoms with Gasteiger partial charge in [0.25, 0.3) is 0 Å². The maximum atomic E-state index is 13.0. The highest BCUT2D eigenvalue weighted by atomic mass is 16.7. The summed E-state index contributed by atoms with van der Waals surface area (Å²) in [6, 6.07) is 23.8. The molecule has 10 heteroatoms. The quantitative estimate of drug-likeness (QED) is 0.120. The van der Waals surface area contributed by atoms with Crippen LogP contribution >= 0.6 is 0 Å². The number of carbonyl (C=O) groups is 3. The Bertz CT molecular complexity index is 1310. The van der Waals surface area contributed by atoms with Crippen LogP contribution in [-0.4, -0.2) is 49.1 Å². The molecule has 0 aromatic heterocycles. The highest BCUT2D eigenvalue weighted by Gasteiger charge is 2.49. The normalized spacial score (nSPS) is 22.1. The van der Waals surface area contributed by atoms with Crippen molar-refractivity contribution in [3.8, 4) is 0 Å².